The Balaban J connectivity index is 1.11. The lowest BCUT2D eigenvalue weighted by atomic mass is 9.84. The van der Waals surface area contributed by atoms with Gasteiger partial charge >= 0.3 is 0 Å². The SMILES string of the molecule is CCCCCOCc1ccc(COc2ccc(Sc3cccc4c3C(=O)c3cccc(Sc5ccc(C(C)(C)C)cc5)c3C4=O)cc2)cc1. The molecule has 0 bridgehead atoms. The second-order valence-electron chi connectivity index (χ2n) is 13.3. The summed E-state index contributed by atoms with van der Waals surface area (Å²) in [6.45, 7) is 10.7. The van der Waals surface area contributed by atoms with Crippen LogP contribution in [0.15, 0.2) is 129 Å². The molecule has 5 aromatic carbocycles. The number of hydrogen-bond acceptors (Lipinski definition) is 6. The maximum Gasteiger partial charge on any atom is 0.195 e. The van der Waals surface area contributed by atoms with Gasteiger partial charge in [0.25, 0.3) is 0 Å². The van der Waals surface area contributed by atoms with Crippen LogP contribution in [0.4, 0.5) is 0 Å². The van der Waals surface area contributed by atoms with E-state index >= 15 is 0 Å². The van der Waals surface area contributed by atoms with Gasteiger partial charge in [-0.25, -0.2) is 0 Å². The Kier molecular flexibility index (Phi) is 11.1. The first-order valence-corrected chi connectivity index (χ1v) is 18.5. The van der Waals surface area contributed by atoms with Crippen LogP contribution in [0.1, 0.15) is 95.5 Å². The summed E-state index contributed by atoms with van der Waals surface area (Å²) in [6.07, 6.45) is 3.51. The van der Waals surface area contributed by atoms with Crippen molar-refractivity contribution in [2.24, 2.45) is 0 Å². The van der Waals surface area contributed by atoms with Gasteiger partial charge in [-0.2, -0.15) is 0 Å². The number of rotatable bonds is 13. The Morgan fingerprint density at radius 1 is 0.592 bits per heavy atom. The van der Waals surface area contributed by atoms with Crippen molar-refractivity contribution in [3.63, 3.8) is 0 Å². The van der Waals surface area contributed by atoms with E-state index < -0.39 is 0 Å². The first-order chi connectivity index (χ1) is 23.7. The van der Waals surface area contributed by atoms with Crippen molar-refractivity contribution in [3.05, 3.63) is 148 Å². The van der Waals surface area contributed by atoms with Gasteiger partial charge in [-0.05, 0) is 77.1 Å². The standard InChI is InChI=1S/C43H42O4S2/c1-5-6-7-26-46-27-29-14-16-30(17-15-29)28-47-32-20-24-34(25-21-32)49-38-13-9-11-36-40(38)42(45)35-10-8-12-37(39(35)41(36)44)48-33-22-18-31(19-23-33)43(2,3)4/h8-25H,5-7,26-28H2,1-4H3. The number of unbranched alkanes of at least 4 members (excludes halogenated alkanes) is 2. The molecule has 0 saturated heterocycles. The molecule has 0 atom stereocenters. The molecule has 49 heavy (non-hydrogen) atoms. The van der Waals surface area contributed by atoms with Crippen LogP contribution in [0.5, 0.6) is 5.75 Å². The molecule has 4 nitrogen and oxygen atoms in total. The molecular formula is C43H42O4S2. The quantitative estimate of drug-likeness (QED) is 0.113. The first-order valence-electron chi connectivity index (χ1n) is 16.9. The van der Waals surface area contributed by atoms with Crippen molar-refractivity contribution in [2.45, 2.75) is 85.2 Å². The van der Waals surface area contributed by atoms with Crippen LogP contribution in [0.25, 0.3) is 0 Å². The van der Waals surface area contributed by atoms with Gasteiger partial charge in [0.05, 0.1) is 6.61 Å². The molecule has 0 amide bonds. The van der Waals surface area contributed by atoms with E-state index in [9.17, 15) is 9.59 Å². The van der Waals surface area contributed by atoms with Gasteiger partial charge in [-0.3, -0.25) is 9.59 Å². The fourth-order valence-electron chi connectivity index (χ4n) is 5.77. The third kappa shape index (κ3) is 8.38. The second kappa shape index (κ2) is 15.6. The molecule has 0 heterocycles. The summed E-state index contributed by atoms with van der Waals surface area (Å²) in [5.41, 5.74) is 5.42. The summed E-state index contributed by atoms with van der Waals surface area (Å²) in [7, 11) is 0. The Morgan fingerprint density at radius 2 is 1.10 bits per heavy atom. The minimum Gasteiger partial charge on any atom is -0.489 e. The second-order valence-corrected chi connectivity index (χ2v) is 15.6. The van der Waals surface area contributed by atoms with Crippen molar-refractivity contribution in [1.82, 2.24) is 0 Å². The number of carbonyl (C=O) groups excluding carboxylic acids is 2. The zero-order chi connectivity index (χ0) is 34.4. The molecule has 0 aromatic heterocycles. The van der Waals surface area contributed by atoms with Gasteiger partial charge in [-0.1, -0.05) is 125 Å². The van der Waals surface area contributed by atoms with Crippen LogP contribution in [0.3, 0.4) is 0 Å². The highest BCUT2D eigenvalue weighted by atomic mass is 32.2. The molecule has 0 unspecified atom stereocenters. The monoisotopic (exact) mass is 686 g/mol. The minimum absolute atomic E-state index is 0.0590. The zero-order valence-electron chi connectivity index (χ0n) is 28.6. The fraction of sp³-hybridized carbons (Fsp3) is 0.256. The number of carbonyl (C=O) groups is 2. The summed E-state index contributed by atoms with van der Waals surface area (Å²) in [6, 6.07) is 35.8. The van der Waals surface area contributed by atoms with E-state index in [0.29, 0.717) is 35.5 Å². The number of hydrogen-bond donors (Lipinski definition) is 0. The van der Waals surface area contributed by atoms with Crippen LogP contribution in [-0.4, -0.2) is 18.2 Å². The van der Waals surface area contributed by atoms with E-state index in [2.05, 4.69) is 76.2 Å². The number of ether oxygens (including phenoxy) is 2. The third-order valence-electron chi connectivity index (χ3n) is 8.58. The molecule has 0 fully saturated rings. The minimum atomic E-state index is -0.118. The maximum absolute atomic E-state index is 14.0. The predicted molar refractivity (Wildman–Crippen MR) is 200 cm³/mol. The molecule has 0 saturated carbocycles. The van der Waals surface area contributed by atoms with Crippen LogP contribution >= 0.6 is 23.5 Å². The van der Waals surface area contributed by atoms with Gasteiger partial charge < -0.3 is 9.47 Å². The number of fused-ring (bicyclic) bond motifs is 2. The van der Waals surface area contributed by atoms with Crippen LogP contribution in [0.2, 0.25) is 0 Å². The van der Waals surface area contributed by atoms with Crippen LogP contribution in [0, 0.1) is 0 Å². The van der Waals surface area contributed by atoms with Gasteiger partial charge in [0, 0.05) is 48.4 Å². The van der Waals surface area contributed by atoms with Crippen molar-refractivity contribution in [3.8, 4) is 5.75 Å². The normalized spacial score (nSPS) is 12.5. The summed E-state index contributed by atoms with van der Waals surface area (Å²) >= 11 is 3.01. The lowest BCUT2D eigenvalue weighted by Gasteiger charge is -2.22. The van der Waals surface area contributed by atoms with E-state index in [1.807, 2.05) is 48.5 Å². The van der Waals surface area contributed by atoms with Crippen molar-refractivity contribution < 1.29 is 19.1 Å². The molecule has 0 radical (unpaired) electrons. The summed E-state index contributed by atoms with van der Waals surface area (Å²) < 4.78 is 11.8. The van der Waals surface area contributed by atoms with Crippen LogP contribution in [-0.2, 0) is 23.4 Å². The van der Waals surface area contributed by atoms with E-state index in [-0.39, 0.29) is 17.0 Å². The average Bonchev–Trinajstić information content (AvgIpc) is 3.10. The average molecular weight is 687 g/mol. The lowest BCUT2D eigenvalue weighted by molar-refractivity contribution is 0.0974. The summed E-state index contributed by atoms with van der Waals surface area (Å²) in [5.74, 6) is 0.533. The third-order valence-corrected chi connectivity index (χ3v) is 10.7. The molecular weight excluding hydrogens is 645 g/mol. The molecule has 6 rings (SSSR count). The van der Waals surface area contributed by atoms with Crippen molar-refractivity contribution in [2.75, 3.05) is 6.61 Å². The van der Waals surface area contributed by atoms with Crippen LogP contribution < -0.4 is 4.74 Å². The Labute approximate surface area is 298 Å². The molecule has 1 aliphatic carbocycles. The smallest absolute Gasteiger partial charge is 0.195 e. The van der Waals surface area contributed by atoms with Gasteiger partial charge in [0.15, 0.2) is 11.6 Å². The highest BCUT2D eigenvalue weighted by Gasteiger charge is 2.33. The van der Waals surface area contributed by atoms with E-state index in [0.717, 1.165) is 49.5 Å². The number of ketones is 2. The maximum atomic E-state index is 14.0. The number of benzene rings is 5. The molecule has 1 aliphatic rings. The van der Waals surface area contributed by atoms with Gasteiger partial charge in [0.2, 0.25) is 0 Å². The first kappa shape index (κ1) is 34.8. The van der Waals surface area contributed by atoms with Gasteiger partial charge in [0.1, 0.15) is 12.4 Å². The predicted octanol–water partition coefficient (Wildman–Crippen LogP) is 11.3. The molecule has 0 aliphatic heterocycles. The van der Waals surface area contributed by atoms with E-state index in [4.69, 9.17) is 9.47 Å². The summed E-state index contributed by atoms with van der Waals surface area (Å²) in [4.78, 5) is 31.5. The highest BCUT2D eigenvalue weighted by molar-refractivity contribution is 7.99. The Morgan fingerprint density at radius 3 is 1.61 bits per heavy atom. The Bertz CT molecular complexity index is 1920. The molecule has 250 valence electrons. The zero-order valence-corrected chi connectivity index (χ0v) is 30.2. The van der Waals surface area contributed by atoms with Crippen molar-refractivity contribution >= 4 is 35.1 Å². The van der Waals surface area contributed by atoms with E-state index in [1.165, 1.54) is 41.9 Å². The molecule has 6 heteroatoms. The van der Waals surface area contributed by atoms with Crippen molar-refractivity contribution in [1.29, 1.82) is 0 Å². The lowest BCUT2D eigenvalue weighted by Crippen LogP contribution is -2.22. The van der Waals surface area contributed by atoms with Gasteiger partial charge in [-0.15, -0.1) is 0 Å². The topological polar surface area (TPSA) is 52.6 Å². The largest absolute Gasteiger partial charge is 0.489 e. The molecule has 5 aromatic rings. The fourth-order valence-corrected chi connectivity index (χ4v) is 7.73. The van der Waals surface area contributed by atoms with E-state index in [1.54, 1.807) is 12.1 Å². The Hall–Kier alpha value is -4.10. The summed E-state index contributed by atoms with van der Waals surface area (Å²) in [5, 5.41) is 0. The molecule has 0 spiro atoms. The highest BCUT2D eigenvalue weighted by Crippen LogP contribution is 2.41. The molecule has 0 N–H and O–H groups in total.